The molecule has 0 atom stereocenters. The first kappa shape index (κ1) is 18.7. The molecule has 1 N–H and O–H groups in total. The summed E-state index contributed by atoms with van der Waals surface area (Å²) < 4.78 is 18.7. The first-order valence-electron chi connectivity index (χ1n) is 9.10. The molecule has 30 heavy (non-hydrogen) atoms. The van der Waals surface area contributed by atoms with Gasteiger partial charge in [-0.2, -0.15) is 4.98 Å². The van der Waals surface area contributed by atoms with Crippen LogP contribution >= 0.6 is 22.9 Å². The van der Waals surface area contributed by atoms with Gasteiger partial charge in [-0.05, 0) is 42.5 Å². The minimum atomic E-state index is -0.150. The molecule has 1 aromatic carbocycles. The third-order valence-corrected chi connectivity index (χ3v) is 5.77. The number of hydrogen-bond acceptors (Lipinski definition) is 7. The molecule has 0 spiro atoms. The number of nitrogens with zero attached hydrogens (tertiary/aromatic N) is 3. The van der Waals surface area contributed by atoms with E-state index in [1.807, 2.05) is 41.1 Å². The Morgan fingerprint density at radius 2 is 2.10 bits per heavy atom. The molecule has 0 saturated heterocycles. The van der Waals surface area contributed by atoms with E-state index in [4.69, 9.17) is 25.6 Å². The number of thiophene rings is 1. The number of carbonyl (C=O) groups excluding carboxylic acids is 1. The summed E-state index contributed by atoms with van der Waals surface area (Å²) in [6.45, 7) is 1.20. The highest BCUT2D eigenvalue weighted by molar-refractivity contribution is 7.17. The van der Waals surface area contributed by atoms with Gasteiger partial charge in [0.05, 0.1) is 9.21 Å². The summed E-state index contributed by atoms with van der Waals surface area (Å²) in [5, 5.41) is 6.97. The van der Waals surface area contributed by atoms with Crippen molar-refractivity contribution >= 4 is 28.8 Å². The van der Waals surface area contributed by atoms with Crippen LogP contribution in [0.4, 0.5) is 0 Å². The molecule has 3 aromatic heterocycles. The lowest BCUT2D eigenvalue weighted by atomic mass is 10.2. The summed E-state index contributed by atoms with van der Waals surface area (Å²) >= 11 is 7.13. The fraction of sp³-hybridized carbons (Fsp3) is 0.150. The third-order valence-electron chi connectivity index (χ3n) is 4.54. The van der Waals surface area contributed by atoms with E-state index >= 15 is 0 Å². The average molecular weight is 443 g/mol. The largest absolute Gasteiger partial charge is 0.454 e. The summed E-state index contributed by atoms with van der Waals surface area (Å²) in [5.41, 5.74) is 1.54. The number of rotatable bonds is 6. The van der Waals surface area contributed by atoms with Gasteiger partial charge in [-0.15, -0.1) is 11.3 Å². The zero-order chi connectivity index (χ0) is 20.5. The van der Waals surface area contributed by atoms with Crippen molar-refractivity contribution in [1.82, 2.24) is 20.0 Å². The van der Waals surface area contributed by atoms with Crippen molar-refractivity contribution in [3.8, 4) is 34.5 Å². The monoisotopic (exact) mass is 442 g/mol. The number of aromatic nitrogens is 3. The van der Waals surface area contributed by atoms with Gasteiger partial charge in [0, 0.05) is 24.8 Å². The van der Waals surface area contributed by atoms with Crippen LogP contribution in [0, 0.1) is 0 Å². The lowest BCUT2D eigenvalue weighted by Gasteiger charge is -2.07. The molecule has 5 rings (SSSR count). The molecule has 4 aromatic rings. The first-order chi connectivity index (χ1) is 14.7. The average Bonchev–Trinajstić information content (AvgIpc) is 3.53. The number of halogens is 1. The zero-order valence-corrected chi connectivity index (χ0v) is 17.1. The fourth-order valence-corrected chi connectivity index (χ4v) is 4.06. The second-order valence-electron chi connectivity index (χ2n) is 6.44. The molecule has 0 fully saturated rings. The Hall–Kier alpha value is -3.30. The van der Waals surface area contributed by atoms with Crippen LogP contribution in [0.2, 0.25) is 4.34 Å². The molecule has 0 aliphatic carbocycles. The standard InChI is InChI=1S/C20H15ClN4O4S/c21-17-6-5-16(30-17)19(26)22-7-9-25-8-1-2-13(25)20-23-18(24-29-20)12-3-4-14-15(10-12)28-11-27-14/h1-6,8,10H,7,9,11H2,(H,22,26). The number of carbonyl (C=O) groups is 1. The summed E-state index contributed by atoms with van der Waals surface area (Å²) in [6, 6.07) is 12.7. The minimum Gasteiger partial charge on any atom is -0.454 e. The molecule has 10 heteroatoms. The molecule has 8 nitrogen and oxygen atoms in total. The van der Waals surface area contributed by atoms with Gasteiger partial charge in [0.25, 0.3) is 11.8 Å². The van der Waals surface area contributed by atoms with Crippen LogP contribution in [0.1, 0.15) is 9.67 Å². The van der Waals surface area contributed by atoms with Crippen molar-refractivity contribution in [3.05, 3.63) is 57.9 Å². The van der Waals surface area contributed by atoms with Gasteiger partial charge >= 0.3 is 0 Å². The lowest BCUT2D eigenvalue weighted by Crippen LogP contribution is -2.26. The lowest BCUT2D eigenvalue weighted by molar-refractivity contribution is 0.0956. The zero-order valence-electron chi connectivity index (χ0n) is 15.5. The predicted octanol–water partition coefficient (Wildman–Crippen LogP) is 4.08. The Morgan fingerprint density at radius 3 is 2.97 bits per heavy atom. The summed E-state index contributed by atoms with van der Waals surface area (Å²) in [6.07, 6.45) is 1.90. The Bertz CT molecular complexity index is 1220. The Labute approximate surface area is 180 Å². The minimum absolute atomic E-state index is 0.150. The summed E-state index contributed by atoms with van der Waals surface area (Å²) in [7, 11) is 0. The number of fused-ring (bicyclic) bond motifs is 1. The SMILES string of the molecule is O=C(NCCn1cccc1-c1nc(-c2ccc3c(c2)OCO3)no1)c1ccc(Cl)s1. The normalized spacial score (nSPS) is 12.3. The number of ether oxygens (including phenoxy) is 2. The predicted molar refractivity (Wildman–Crippen MR) is 111 cm³/mol. The van der Waals surface area contributed by atoms with E-state index in [1.54, 1.807) is 12.1 Å². The van der Waals surface area contributed by atoms with Crippen LogP contribution in [0.5, 0.6) is 11.5 Å². The molecule has 0 unspecified atom stereocenters. The molecular formula is C20H15ClN4O4S. The number of hydrogen-bond donors (Lipinski definition) is 1. The maximum atomic E-state index is 12.2. The van der Waals surface area contributed by atoms with Crippen molar-refractivity contribution in [2.75, 3.05) is 13.3 Å². The highest BCUT2D eigenvalue weighted by atomic mass is 35.5. The van der Waals surface area contributed by atoms with Gasteiger partial charge in [-0.3, -0.25) is 4.79 Å². The Kier molecular flexibility index (Phi) is 4.89. The van der Waals surface area contributed by atoms with E-state index in [1.165, 1.54) is 11.3 Å². The molecule has 152 valence electrons. The van der Waals surface area contributed by atoms with Crippen LogP contribution in [0.25, 0.3) is 23.0 Å². The van der Waals surface area contributed by atoms with Crippen molar-refractivity contribution in [3.63, 3.8) is 0 Å². The Balaban J connectivity index is 1.27. The summed E-state index contributed by atoms with van der Waals surface area (Å²) in [5.74, 6) is 2.06. The van der Waals surface area contributed by atoms with E-state index in [-0.39, 0.29) is 12.7 Å². The molecule has 1 amide bonds. The van der Waals surface area contributed by atoms with Gasteiger partial charge < -0.3 is 23.9 Å². The van der Waals surface area contributed by atoms with Crippen LogP contribution in [-0.4, -0.2) is 34.0 Å². The topological polar surface area (TPSA) is 91.4 Å². The molecule has 1 aliphatic rings. The number of benzene rings is 1. The summed E-state index contributed by atoms with van der Waals surface area (Å²) in [4.78, 5) is 17.2. The van der Waals surface area contributed by atoms with E-state index in [0.717, 1.165) is 11.3 Å². The van der Waals surface area contributed by atoms with Crippen LogP contribution in [0.3, 0.4) is 0 Å². The highest BCUT2D eigenvalue weighted by Gasteiger charge is 2.18. The van der Waals surface area contributed by atoms with Gasteiger partial charge in [-0.1, -0.05) is 16.8 Å². The van der Waals surface area contributed by atoms with E-state index in [9.17, 15) is 4.79 Å². The van der Waals surface area contributed by atoms with Crippen molar-refractivity contribution in [2.24, 2.45) is 0 Å². The molecular weight excluding hydrogens is 428 g/mol. The molecule has 0 radical (unpaired) electrons. The van der Waals surface area contributed by atoms with E-state index in [2.05, 4.69) is 15.5 Å². The van der Waals surface area contributed by atoms with E-state index in [0.29, 0.717) is 45.5 Å². The second-order valence-corrected chi connectivity index (χ2v) is 8.15. The van der Waals surface area contributed by atoms with E-state index < -0.39 is 0 Å². The fourth-order valence-electron chi connectivity index (χ4n) is 3.10. The van der Waals surface area contributed by atoms with Crippen LogP contribution in [-0.2, 0) is 6.54 Å². The molecule has 0 bridgehead atoms. The van der Waals surface area contributed by atoms with Crippen molar-refractivity contribution < 1.29 is 18.8 Å². The maximum absolute atomic E-state index is 12.2. The smallest absolute Gasteiger partial charge is 0.274 e. The molecule has 1 aliphatic heterocycles. The van der Waals surface area contributed by atoms with Crippen molar-refractivity contribution in [1.29, 1.82) is 0 Å². The quantitative estimate of drug-likeness (QED) is 0.483. The van der Waals surface area contributed by atoms with Crippen molar-refractivity contribution in [2.45, 2.75) is 6.54 Å². The molecule has 4 heterocycles. The number of nitrogens with one attached hydrogen (secondary N) is 1. The van der Waals surface area contributed by atoms with Crippen LogP contribution in [0.15, 0.2) is 53.2 Å². The highest BCUT2D eigenvalue weighted by Crippen LogP contribution is 2.35. The van der Waals surface area contributed by atoms with Crippen LogP contribution < -0.4 is 14.8 Å². The first-order valence-corrected chi connectivity index (χ1v) is 10.3. The molecule has 0 saturated carbocycles. The second kappa shape index (κ2) is 7.85. The number of amides is 1. The maximum Gasteiger partial charge on any atom is 0.274 e. The van der Waals surface area contributed by atoms with Gasteiger partial charge in [0.15, 0.2) is 11.5 Å². The third kappa shape index (κ3) is 3.64. The van der Waals surface area contributed by atoms with Gasteiger partial charge in [-0.25, -0.2) is 0 Å². The van der Waals surface area contributed by atoms with Gasteiger partial charge in [0.2, 0.25) is 12.6 Å². The Morgan fingerprint density at radius 1 is 1.20 bits per heavy atom. The van der Waals surface area contributed by atoms with Gasteiger partial charge in [0.1, 0.15) is 5.69 Å².